The molecule has 0 saturated heterocycles. The van der Waals surface area contributed by atoms with Crippen LogP contribution in [0.4, 0.5) is 0 Å². The number of nitrogens with one attached hydrogen (secondary N) is 1. The highest BCUT2D eigenvalue weighted by Gasteiger charge is 2.22. The van der Waals surface area contributed by atoms with Crippen molar-refractivity contribution in [1.82, 2.24) is 4.98 Å². The van der Waals surface area contributed by atoms with Crippen LogP contribution in [-0.2, 0) is 24.2 Å². The largest absolute Gasteiger partial charge is 0.456 e. The van der Waals surface area contributed by atoms with Gasteiger partial charge in [0.2, 0.25) is 0 Å². The molecule has 1 N–H and O–H groups in total. The van der Waals surface area contributed by atoms with Gasteiger partial charge in [0, 0.05) is 0 Å². The molecule has 1 aromatic carbocycles. The summed E-state index contributed by atoms with van der Waals surface area (Å²) in [7, 11) is 0. The van der Waals surface area contributed by atoms with Crippen LogP contribution in [0.25, 0.3) is 0 Å². The molecule has 4 nitrogen and oxygen atoms in total. The molecule has 0 saturated carbocycles. The Morgan fingerprint density at radius 3 is 2.19 bits per heavy atom. The second kappa shape index (κ2) is 11.4. The maximum Gasteiger partial charge on any atom is 0.355 e. The van der Waals surface area contributed by atoms with Crippen LogP contribution in [0, 0.1) is 0 Å². The molecule has 4 heteroatoms. The Bertz CT molecular complexity index is 719. The zero-order valence-corrected chi connectivity index (χ0v) is 16.6. The summed E-state index contributed by atoms with van der Waals surface area (Å²) in [6.07, 6.45) is 8.95. The van der Waals surface area contributed by atoms with Crippen LogP contribution >= 0.6 is 0 Å². The predicted octanol–water partition coefficient (Wildman–Crippen LogP) is 5.65. The SMILES string of the molecule is CCCCCc1c(C=O)[nH]c(C(=O)OCc2ccccc2)c1CCCCC. The van der Waals surface area contributed by atoms with Crippen molar-refractivity contribution in [1.29, 1.82) is 0 Å². The van der Waals surface area contributed by atoms with Gasteiger partial charge in [-0.05, 0) is 42.4 Å². The highest BCUT2D eigenvalue weighted by molar-refractivity contribution is 5.92. The molecule has 27 heavy (non-hydrogen) atoms. The van der Waals surface area contributed by atoms with E-state index in [9.17, 15) is 9.59 Å². The molecule has 146 valence electrons. The number of hydrogen-bond acceptors (Lipinski definition) is 3. The highest BCUT2D eigenvalue weighted by Crippen LogP contribution is 2.24. The number of aldehydes is 1. The first-order valence-electron chi connectivity index (χ1n) is 10.1. The Hall–Kier alpha value is -2.36. The summed E-state index contributed by atoms with van der Waals surface area (Å²) >= 11 is 0. The smallest absolute Gasteiger partial charge is 0.355 e. The van der Waals surface area contributed by atoms with Crippen molar-refractivity contribution >= 4 is 12.3 Å². The molecule has 0 aliphatic heterocycles. The topological polar surface area (TPSA) is 59.2 Å². The molecule has 0 radical (unpaired) electrons. The lowest BCUT2D eigenvalue weighted by Gasteiger charge is -2.08. The summed E-state index contributed by atoms with van der Waals surface area (Å²) < 4.78 is 5.51. The molecule has 0 aliphatic carbocycles. The Kier molecular flexibility index (Phi) is 8.82. The van der Waals surface area contributed by atoms with E-state index in [4.69, 9.17) is 4.74 Å². The van der Waals surface area contributed by atoms with E-state index in [1.165, 1.54) is 0 Å². The molecule has 0 amide bonds. The van der Waals surface area contributed by atoms with Crippen LogP contribution in [0.5, 0.6) is 0 Å². The van der Waals surface area contributed by atoms with Gasteiger partial charge < -0.3 is 9.72 Å². The Morgan fingerprint density at radius 2 is 1.59 bits per heavy atom. The highest BCUT2D eigenvalue weighted by atomic mass is 16.5. The lowest BCUT2D eigenvalue weighted by molar-refractivity contribution is 0.0465. The summed E-state index contributed by atoms with van der Waals surface area (Å²) in [6, 6.07) is 9.63. The third-order valence-corrected chi connectivity index (χ3v) is 4.85. The van der Waals surface area contributed by atoms with Gasteiger partial charge in [-0.25, -0.2) is 4.79 Å². The van der Waals surface area contributed by atoms with Crippen LogP contribution in [0.15, 0.2) is 30.3 Å². The minimum Gasteiger partial charge on any atom is -0.456 e. The lowest BCUT2D eigenvalue weighted by atomic mass is 9.97. The number of esters is 1. The van der Waals surface area contributed by atoms with Crippen molar-refractivity contribution in [2.75, 3.05) is 0 Å². The summed E-state index contributed by atoms with van der Waals surface area (Å²) in [5.41, 5.74) is 3.91. The number of aromatic amines is 1. The van der Waals surface area contributed by atoms with Gasteiger partial charge in [0.15, 0.2) is 6.29 Å². The van der Waals surface area contributed by atoms with Crippen LogP contribution < -0.4 is 0 Å². The summed E-state index contributed by atoms with van der Waals surface area (Å²) in [5.74, 6) is -0.379. The fourth-order valence-corrected chi connectivity index (χ4v) is 3.33. The second-order valence-corrected chi connectivity index (χ2v) is 6.96. The number of benzene rings is 1. The van der Waals surface area contributed by atoms with E-state index < -0.39 is 0 Å². The van der Waals surface area contributed by atoms with E-state index >= 15 is 0 Å². The standard InChI is InChI=1S/C23H31NO3/c1-3-5-8-14-19-20(15-9-6-4-2)22(24-21(19)16-25)23(26)27-17-18-12-10-7-11-13-18/h7,10-13,16,24H,3-6,8-9,14-15,17H2,1-2H3. The van der Waals surface area contributed by atoms with Gasteiger partial charge in [-0.15, -0.1) is 0 Å². The molecule has 0 aliphatic rings. The molecule has 0 fully saturated rings. The van der Waals surface area contributed by atoms with Gasteiger partial charge in [-0.2, -0.15) is 0 Å². The molecular weight excluding hydrogens is 338 g/mol. The van der Waals surface area contributed by atoms with Gasteiger partial charge in [0.25, 0.3) is 0 Å². The molecule has 1 heterocycles. The number of carbonyl (C=O) groups is 2. The molecule has 0 bridgehead atoms. The summed E-state index contributed by atoms with van der Waals surface area (Å²) in [4.78, 5) is 27.3. The average molecular weight is 370 g/mol. The first-order chi connectivity index (χ1) is 13.2. The van der Waals surface area contributed by atoms with E-state index in [0.717, 1.165) is 74.3 Å². The number of rotatable bonds is 12. The normalized spacial score (nSPS) is 10.7. The fraction of sp³-hybridized carbons (Fsp3) is 0.478. The number of unbranched alkanes of at least 4 members (excludes halogenated alkanes) is 4. The third-order valence-electron chi connectivity index (χ3n) is 4.85. The minimum absolute atomic E-state index is 0.231. The van der Waals surface area contributed by atoms with E-state index in [1.54, 1.807) is 0 Å². The first-order valence-corrected chi connectivity index (χ1v) is 10.1. The molecule has 1 aromatic heterocycles. The molecular formula is C23H31NO3. The van der Waals surface area contributed by atoms with Crippen molar-refractivity contribution in [2.24, 2.45) is 0 Å². The van der Waals surface area contributed by atoms with Crippen LogP contribution in [-0.4, -0.2) is 17.2 Å². The Balaban J connectivity index is 2.20. The van der Waals surface area contributed by atoms with E-state index in [1.807, 2.05) is 30.3 Å². The van der Waals surface area contributed by atoms with Gasteiger partial charge in [0.05, 0.1) is 5.69 Å². The summed E-state index contributed by atoms with van der Waals surface area (Å²) in [6.45, 7) is 4.55. The second-order valence-electron chi connectivity index (χ2n) is 6.96. The Labute approximate surface area is 162 Å². The lowest BCUT2D eigenvalue weighted by Crippen LogP contribution is -2.09. The van der Waals surface area contributed by atoms with Crippen molar-refractivity contribution in [3.05, 3.63) is 58.4 Å². The fourth-order valence-electron chi connectivity index (χ4n) is 3.33. The van der Waals surface area contributed by atoms with Crippen molar-refractivity contribution in [3.8, 4) is 0 Å². The number of ether oxygens (including phenoxy) is 1. The number of aromatic nitrogens is 1. The zero-order valence-electron chi connectivity index (χ0n) is 16.6. The quantitative estimate of drug-likeness (QED) is 0.299. The number of hydrogen-bond donors (Lipinski definition) is 1. The van der Waals surface area contributed by atoms with Gasteiger partial charge in [-0.1, -0.05) is 69.9 Å². The average Bonchev–Trinajstić information content (AvgIpc) is 3.05. The third kappa shape index (κ3) is 6.09. The maximum absolute atomic E-state index is 12.7. The van der Waals surface area contributed by atoms with Gasteiger partial charge in [-0.3, -0.25) is 4.79 Å². The van der Waals surface area contributed by atoms with Gasteiger partial charge in [0.1, 0.15) is 12.3 Å². The number of carbonyl (C=O) groups excluding carboxylic acids is 2. The number of H-pyrrole nitrogens is 1. The molecule has 2 aromatic rings. The van der Waals surface area contributed by atoms with E-state index in [0.29, 0.717) is 11.4 Å². The molecule has 0 spiro atoms. The monoisotopic (exact) mass is 369 g/mol. The predicted molar refractivity (Wildman–Crippen MR) is 108 cm³/mol. The van der Waals surface area contributed by atoms with E-state index in [-0.39, 0.29) is 12.6 Å². The van der Waals surface area contributed by atoms with Crippen molar-refractivity contribution in [2.45, 2.75) is 71.8 Å². The zero-order chi connectivity index (χ0) is 19.5. The summed E-state index contributed by atoms with van der Waals surface area (Å²) in [5, 5.41) is 0. The first kappa shape index (κ1) is 20.9. The molecule has 0 unspecified atom stereocenters. The van der Waals surface area contributed by atoms with Crippen LogP contribution in [0.2, 0.25) is 0 Å². The molecule has 0 atom stereocenters. The van der Waals surface area contributed by atoms with E-state index in [2.05, 4.69) is 18.8 Å². The van der Waals surface area contributed by atoms with Crippen LogP contribution in [0.1, 0.15) is 90.0 Å². The molecule has 2 rings (SSSR count). The van der Waals surface area contributed by atoms with Crippen molar-refractivity contribution in [3.63, 3.8) is 0 Å². The van der Waals surface area contributed by atoms with Crippen molar-refractivity contribution < 1.29 is 14.3 Å². The van der Waals surface area contributed by atoms with Crippen LogP contribution in [0.3, 0.4) is 0 Å². The van der Waals surface area contributed by atoms with Gasteiger partial charge >= 0.3 is 5.97 Å². The minimum atomic E-state index is -0.379. The Morgan fingerprint density at radius 1 is 0.963 bits per heavy atom. The maximum atomic E-state index is 12.7.